The number of ether oxygens (including phenoxy) is 1. The molecule has 0 radical (unpaired) electrons. The highest BCUT2D eigenvalue weighted by molar-refractivity contribution is 14.1. The Kier molecular flexibility index (Phi) is 5.92. The number of halogens is 3. The number of hydrogen-bond acceptors (Lipinski definition) is 3. The molecule has 112 valence electrons. The standard InChI is InChI=1S/C13H17Cl2IN2O2/c1-6-18(12(19)20-13(3,4)5)10-7(2)17-11(15)8(14)9(10)16/h6H2,1-5H3. The lowest BCUT2D eigenvalue weighted by atomic mass is 10.2. The Morgan fingerprint density at radius 3 is 2.40 bits per heavy atom. The molecule has 0 spiro atoms. The smallest absolute Gasteiger partial charge is 0.414 e. The minimum absolute atomic E-state index is 0.234. The van der Waals surface area contributed by atoms with Crippen LogP contribution in [0, 0.1) is 10.5 Å². The number of aromatic nitrogens is 1. The second-order valence-electron chi connectivity index (χ2n) is 5.19. The van der Waals surface area contributed by atoms with E-state index >= 15 is 0 Å². The maximum atomic E-state index is 12.3. The first-order chi connectivity index (χ1) is 9.08. The summed E-state index contributed by atoms with van der Waals surface area (Å²) < 4.78 is 6.09. The Bertz CT molecular complexity index is 530. The molecule has 0 aromatic carbocycles. The number of aryl methyl sites for hydroxylation is 1. The van der Waals surface area contributed by atoms with Gasteiger partial charge in [0.2, 0.25) is 0 Å². The highest BCUT2D eigenvalue weighted by Gasteiger charge is 2.27. The van der Waals surface area contributed by atoms with Gasteiger partial charge in [-0.25, -0.2) is 9.78 Å². The molecule has 1 rings (SSSR count). The quantitative estimate of drug-likeness (QED) is 0.486. The van der Waals surface area contributed by atoms with Crippen LogP contribution in [0.1, 0.15) is 33.4 Å². The summed E-state index contributed by atoms with van der Waals surface area (Å²) in [6.07, 6.45) is -0.429. The number of carbonyl (C=O) groups is 1. The first-order valence-corrected chi connectivity index (χ1v) is 7.93. The summed E-state index contributed by atoms with van der Waals surface area (Å²) in [7, 11) is 0. The van der Waals surface area contributed by atoms with E-state index in [1.807, 2.05) is 27.7 Å². The van der Waals surface area contributed by atoms with Gasteiger partial charge in [-0.1, -0.05) is 23.2 Å². The van der Waals surface area contributed by atoms with Gasteiger partial charge in [-0.2, -0.15) is 0 Å². The highest BCUT2D eigenvalue weighted by Crippen LogP contribution is 2.36. The average Bonchev–Trinajstić information content (AvgIpc) is 2.29. The van der Waals surface area contributed by atoms with E-state index in [2.05, 4.69) is 27.6 Å². The summed E-state index contributed by atoms with van der Waals surface area (Å²) in [4.78, 5) is 18.0. The van der Waals surface area contributed by atoms with Crippen LogP contribution in [0.4, 0.5) is 10.5 Å². The molecule has 0 aliphatic heterocycles. The molecule has 0 fully saturated rings. The first-order valence-electron chi connectivity index (χ1n) is 6.10. The largest absolute Gasteiger partial charge is 0.443 e. The van der Waals surface area contributed by atoms with Gasteiger partial charge in [-0.15, -0.1) is 0 Å². The second kappa shape index (κ2) is 6.66. The Morgan fingerprint density at radius 1 is 1.40 bits per heavy atom. The number of carbonyl (C=O) groups excluding carboxylic acids is 1. The van der Waals surface area contributed by atoms with Crippen molar-refractivity contribution in [2.24, 2.45) is 0 Å². The van der Waals surface area contributed by atoms with Crippen LogP contribution in [-0.2, 0) is 4.74 Å². The van der Waals surface area contributed by atoms with Crippen LogP contribution in [0.3, 0.4) is 0 Å². The van der Waals surface area contributed by atoms with Crippen molar-refractivity contribution in [2.75, 3.05) is 11.4 Å². The molecule has 4 nitrogen and oxygen atoms in total. The molecule has 0 aliphatic carbocycles. The van der Waals surface area contributed by atoms with Crippen molar-refractivity contribution >= 4 is 57.6 Å². The molecule has 0 unspecified atom stereocenters. The Morgan fingerprint density at radius 2 is 1.95 bits per heavy atom. The molecule has 1 aromatic rings. The molecule has 1 heterocycles. The fourth-order valence-electron chi connectivity index (χ4n) is 1.61. The third-order valence-corrected chi connectivity index (χ3v) is 4.50. The summed E-state index contributed by atoms with van der Waals surface area (Å²) >= 11 is 14.1. The predicted octanol–water partition coefficient (Wildman–Crippen LogP) is 5.06. The van der Waals surface area contributed by atoms with Crippen molar-refractivity contribution in [2.45, 2.75) is 40.2 Å². The molecule has 0 N–H and O–H groups in total. The van der Waals surface area contributed by atoms with Crippen molar-refractivity contribution < 1.29 is 9.53 Å². The van der Waals surface area contributed by atoms with Gasteiger partial charge in [0.1, 0.15) is 10.8 Å². The maximum absolute atomic E-state index is 12.3. The fourth-order valence-corrected chi connectivity index (χ4v) is 3.06. The van der Waals surface area contributed by atoms with E-state index in [1.165, 1.54) is 4.90 Å². The van der Waals surface area contributed by atoms with Crippen LogP contribution in [0.25, 0.3) is 0 Å². The second-order valence-corrected chi connectivity index (χ2v) is 7.00. The zero-order valence-electron chi connectivity index (χ0n) is 12.1. The van der Waals surface area contributed by atoms with Gasteiger partial charge < -0.3 is 4.74 Å². The summed E-state index contributed by atoms with van der Waals surface area (Å²) in [5.41, 5.74) is 0.710. The van der Waals surface area contributed by atoms with Crippen molar-refractivity contribution in [3.63, 3.8) is 0 Å². The van der Waals surface area contributed by atoms with Gasteiger partial charge in [-0.05, 0) is 57.2 Å². The van der Waals surface area contributed by atoms with Crippen molar-refractivity contribution in [1.29, 1.82) is 0 Å². The molecule has 1 amide bonds. The summed E-state index contributed by atoms with van der Waals surface area (Å²) in [6, 6.07) is 0. The predicted molar refractivity (Wildman–Crippen MR) is 91.0 cm³/mol. The molecule has 0 saturated heterocycles. The maximum Gasteiger partial charge on any atom is 0.414 e. The number of nitrogens with zero attached hydrogens (tertiary/aromatic N) is 2. The average molecular weight is 431 g/mol. The highest BCUT2D eigenvalue weighted by atomic mass is 127. The molecule has 0 saturated carbocycles. The van der Waals surface area contributed by atoms with Crippen LogP contribution < -0.4 is 4.90 Å². The van der Waals surface area contributed by atoms with E-state index < -0.39 is 11.7 Å². The third kappa shape index (κ3) is 4.11. The number of amides is 1. The van der Waals surface area contributed by atoms with Crippen LogP contribution in [-0.4, -0.2) is 23.2 Å². The lowest BCUT2D eigenvalue weighted by molar-refractivity contribution is 0.0582. The zero-order valence-corrected chi connectivity index (χ0v) is 15.7. The molecule has 1 aromatic heterocycles. The van der Waals surface area contributed by atoms with Crippen molar-refractivity contribution in [3.05, 3.63) is 19.4 Å². The molecular formula is C13H17Cl2IN2O2. The van der Waals surface area contributed by atoms with E-state index in [0.717, 1.165) is 0 Å². The molecule has 20 heavy (non-hydrogen) atoms. The van der Waals surface area contributed by atoms with Crippen LogP contribution >= 0.6 is 45.8 Å². The van der Waals surface area contributed by atoms with Gasteiger partial charge in [-0.3, -0.25) is 4.90 Å². The van der Waals surface area contributed by atoms with E-state index in [1.54, 1.807) is 6.92 Å². The van der Waals surface area contributed by atoms with Gasteiger partial charge in [0.05, 0.1) is 20.0 Å². The Labute approximate surface area is 142 Å². The lowest BCUT2D eigenvalue weighted by Gasteiger charge is -2.28. The van der Waals surface area contributed by atoms with Crippen LogP contribution in [0.5, 0.6) is 0 Å². The molecule has 0 bridgehead atoms. The number of rotatable bonds is 2. The Hall–Kier alpha value is -0.270. The Balaban J connectivity index is 3.27. The van der Waals surface area contributed by atoms with Gasteiger partial charge in [0.15, 0.2) is 0 Å². The topological polar surface area (TPSA) is 42.4 Å². The minimum Gasteiger partial charge on any atom is -0.443 e. The summed E-state index contributed by atoms with van der Waals surface area (Å²) in [5, 5.41) is 0.576. The lowest BCUT2D eigenvalue weighted by Crippen LogP contribution is -2.37. The van der Waals surface area contributed by atoms with Crippen LogP contribution in [0.15, 0.2) is 0 Å². The van der Waals surface area contributed by atoms with E-state index in [4.69, 9.17) is 27.9 Å². The van der Waals surface area contributed by atoms with Crippen LogP contribution in [0.2, 0.25) is 10.2 Å². The zero-order chi connectivity index (χ0) is 15.7. The monoisotopic (exact) mass is 430 g/mol. The molecule has 7 heteroatoms. The van der Waals surface area contributed by atoms with Gasteiger partial charge in [0.25, 0.3) is 0 Å². The third-order valence-electron chi connectivity index (χ3n) is 2.39. The number of hydrogen-bond donors (Lipinski definition) is 0. The van der Waals surface area contributed by atoms with Gasteiger partial charge in [0, 0.05) is 6.54 Å². The van der Waals surface area contributed by atoms with E-state index in [-0.39, 0.29) is 5.15 Å². The number of anilines is 1. The summed E-state index contributed by atoms with van der Waals surface area (Å²) in [5.74, 6) is 0. The molecule has 0 atom stereocenters. The minimum atomic E-state index is -0.562. The summed E-state index contributed by atoms with van der Waals surface area (Å²) in [6.45, 7) is 9.57. The number of pyridine rings is 1. The molecular weight excluding hydrogens is 414 g/mol. The first kappa shape index (κ1) is 17.8. The van der Waals surface area contributed by atoms with E-state index in [9.17, 15) is 4.79 Å². The van der Waals surface area contributed by atoms with E-state index in [0.29, 0.717) is 26.5 Å². The normalized spacial score (nSPS) is 11.4. The van der Waals surface area contributed by atoms with Gasteiger partial charge >= 0.3 is 6.09 Å². The van der Waals surface area contributed by atoms with Crippen molar-refractivity contribution in [3.8, 4) is 0 Å². The van der Waals surface area contributed by atoms with Crippen molar-refractivity contribution in [1.82, 2.24) is 4.98 Å². The molecule has 0 aliphatic rings. The fraction of sp³-hybridized carbons (Fsp3) is 0.538. The SMILES string of the molecule is CCN(C(=O)OC(C)(C)C)c1c(C)nc(Cl)c(Cl)c1I.